The fraction of sp³-hybridized carbons (Fsp3) is 0.591. The number of aliphatic hydroxyl groups excluding tert-OH is 1. The maximum atomic E-state index is 11.2. The largest absolute Gasteiger partial charge is 0.484 e. The zero-order valence-corrected chi connectivity index (χ0v) is 16.9. The summed E-state index contributed by atoms with van der Waals surface area (Å²) in [4.78, 5) is 11.2. The number of rotatable bonds is 6. The third-order valence-corrected chi connectivity index (χ3v) is 5.93. The minimum absolute atomic E-state index is 0.111. The van der Waals surface area contributed by atoms with E-state index in [0.29, 0.717) is 30.6 Å². The van der Waals surface area contributed by atoms with Gasteiger partial charge < -0.3 is 24.8 Å². The Bertz CT molecular complexity index is 779. The van der Waals surface area contributed by atoms with Crippen LogP contribution in [0.2, 0.25) is 0 Å². The first-order chi connectivity index (χ1) is 13.0. The van der Waals surface area contributed by atoms with Crippen LogP contribution in [0.4, 0.5) is 0 Å². The van der Waals surface area contributed by atoms with Crippen LogP contribution in [-0.4, -0.2) is 44.7 Å². The molecular formula is C22H30O6. The summed E-state index contributed by atoms with van der Waals surface area (Å²) in [5, 5.41) is 30.9. The lowest BCUT2D eigenvalue weighted by Crippen LogP contribution is -2.47. The van der Waals surface area contributed by atoms with Gasteiger partial charge in [0.1, 0.15) is 17.5 Å². The van der Waals surface area contributed by atoms with Crippen LogP contribution < -0.4 is 4.74 Å². The lowest BCUT2D eigenvalue weighted by atomic mass is 9.88. The summed E-state index contributed by atoms with van der Waals surface area (Å²) >= 11 is 0. The lowest BCUT2D eigenvalue weighted by Gasteiger charge is -2.36. The van der Waals surface area contributed by atoms with E-state index in [0.717, 1.165) is 6.42 Å². The first-order valence-corrected chi connectivity index (χ1v) is 9.79. The van der Waals surface area contributed by atoms with Gasteiger partial charge in [-0.05, 0) is 71.6 Å². The molecule has 0 aliphatic carbocycles. The highest BCUT2D eigenvalue weighted by Crippen LogP contribution is 2.48. The molecule has 1 aromatic carbocycles. The van der Waals surface area contributed by atoms with Crippen molar-refractivity contribution in [2.75, 3.05) is 0 Å². The van der Waals surface area contributed by atoms with E-state index in [1.807, 2.05) is 20.8 Å². The number of carboxylic acid groups (broad SMARTS) is 1. The number of ether oxygens (including phenoxy) is 2. The standard InChI is InChI=1S/C22H30O6/c1-13(2)6-5-10-21(3,26)17-9-11-22(4,28-17)19-18(23)15-12-14(20(24)25)7-8-16(15)27-19/h6-8,12,17-19,23,26H,5,9-11H2,1-4H3,(H,24,25)/t17-,18+,19-,21+,22-/m1/s1. The molecule has 6 nitrogen and oxygen atoms in total. The minimum atomic E-state index is -1.05. The first kappa shape index (κ1) is 20.8. The van der Waals surface area contributed by atoms with E-state index in [4.69, 9.17) is 9.47 Å². The fourth-order valence-electron chi connectivity index (χ4n) is 4.16. The van der Waals surface area contributed by atoms with Crippen molar-refractivity contribution in [1.29, 1.82) is 0 Å². The van der Waals surface area contributed by atoms with Gasteiger partial charge in [-0.3, -0.25) is 0 Å². The number of aliphatic hydroxyl groups is 2. The summed E-state index contributed by atoms with van der Waals surface area (Å²) in [5.74, 6) is -0.569. The van der Waals surface area contributed by atoms with Crippen molar-refractivity contribution in [3.8, 4) is 5.75 Å². The fourth-order valence-corrected chi connectivity index (χ4v) is 4.16. The summed E-state index contributed by atoms with van der Waals surface area (Å²) in [6.45, 7) is 7.74. The van der Waals surface area contributed by atoms with Gasteiger partial charge in [0.25, 0.3) is 0 Å². The molecule has 2 aliphatic rings. The molecule has 1 saturated heterocycles. The molecule has 154 valence electrons. The van der Waals surface area contributed by atoms with Crippen molar-refractivity contribution in [3.05, 3.63) is 41.0 Å². The summed E-state index contributed by atoms with van der Waals surface area (Å²) in [6, 6.07) is 4.49. The first-order valence-electron chi connectivity index (χ1n) is 9.79. The topological polar surface area (TPSA) is 96.2 Å². The van der Waals surface area contributed by atoms with Gasteiger partial charge in [-0.15, -0.1) is 0 Å². The smallest absolute Gasteiger partial charge is 0.335 e. The van der Waals surface area contributed by atoms with Gasteiger partial charge >= 0.3 is 5.97 Å². The van der Waals surface area contributed by atoms with Crippen molar-refractivity contribution in [1.82, 2.24) is 0 Å². The average molecular weight is 390 g/mol. The van der Waals surface area contributed by atoms with Gasteiger partial charge in [0.05, 0.1) is 17.3 Å². The highest BCUT2D eigenvalue weighted by molar-refractivity contribution is 5.88. The molecule has 0 unspecified atom stereocenters. The molecule has 0 bridgehead atoms. The minimum Gasteiger partial charge on any atom is -0.484 e. The number of aromatic carboxylic acids is 1. The van der Waals surface area contributed by atoms with E-state index in [9.17, 15) is 20.1 Å². The normalized spacial score (nSPS) is 31.0. The van der Waals surface area contributed by atoms with Crippen LogP contribution in [0.3, 0.4) is 0 Å². The monoisotopic (exact) mass is 390 g/mol. The molecule has 0 saturated carbocycles. The highest BCUT2D eigenvalue weighted by atomic mass is 16.6. The molecule has 1 fully saturated rings. The molecule has 2 heterocycles. The van der Waals surface area contributed by atoms with Crippen molar-refractivity contribution in [2.45, 2.75) is 82.9 Å². The predicted molar refractivity (Wildman–Crippen MR) is 105 cm³/mol. The van der Waals surface area contributed by atoms with Crippen LogP contribution in [0, 0.1) is 0 Å². The number of carbonyl (C=O) groups is 1. The molecule has 6 heteroatoms. The SMILES string of the molecule is CC(C)=CCC[C@](C)(O)[C@H]1CC[C@](C)([C@@H]2Oc3ccc(C(=O)O)cc3[C@@H]2O)O1. The third kappa shape index (κ3) is 3.95. The number of carboxylic acids is 1. The van der Waals surface area contributed by atoms with Gasteiger partial charge in [-0.25, -0.2) is 4.79 Å². The van der Waals surface area contributed by atoms with Gasteiger partial charge in [-0.2, -0.15) is 0 Å². The molecule has 0 spiro atoms. The quantitative estimate of drug-likeness (QED) is 0.642. The Morgan fingerprint density at radius 3 is 2.75 bits per heavy atom. The summed E-state index contributed by atoms with van der Waals surface area (Å²) < 4.78 is 12.2. The van der Waals surface area contributed by atoms with E-state index in [1.165, 1.54) is 17.7 Å². The number of fused-ring (bicyclic) bond motifs is 1. The highest BCUT2D eigenvalue weighted by Gasteiger charge is 2.53. The average Bonchev–Trinajstić information content (AvgIpc) is 3.17. The second kappa shape index (κ2) is 7.50. The summed E-state index contributed by atoms with van der Waals surface area (Å²) in [6.07, 6.45) is 2.80. The van der Waals surface area contributed by atoms with E-state index >= 15 is 0 Å². The number of hydrogen-bond acceptors (Lipinski definition) is 5. The molecule has 0 radical (unpaired) electrons. The summed E-state index contributed by atoms with van der Waals surface area (Å²) in [7, 11) is 0. The van der Waals surface area contributed by atoms with Crippen LogP contribution in [0.5, 0.6) is 5.75 Å². The van der Waals surface area contributed by atoms with Crippen molar-refractivity contribution in [3.63, 3.8) is 0 Å². The Morgan fingerprint density at radius 2 is 2.11 bits per heavy atom. The third-order valence-electron chi connectivity index (χ3n) is 5.93. The molecule has 3 N–H and O–H groups in total. The van der Waals surface area contributed by atoms with Crippen LogP contribution >= 0.6 is 0 Å². The van der Waals surface area contributed by atoms with E-state index in [-0.39, 0.29) is 11.7 Å². The van der Waals surface area contributed by atoms with E-state index in [1.54, 1.807) is 13.0 Å². The number of allylic oxidation sites excluding steroid dienone is 2. The van der Waals surface area contributed by atoms with Crippen LogP contribution in [0.25, 0.3) is 0 Å². The number of hydrogen-bond donors (Lipinski definition) is 3. The van der Waals surface area contributed by atoms with E-state index in [2.05, 4.69) is 6.08 Å². The molecule has 2 aliphatic heterocycles. The molecule has 3 rings (SSSR count). The maximum absolute atomic E-state index is 11.2. The second-order valence-electron chi connectivity index (χ2n) is 8.68. The molecule has 1 aromatic rings. The zero-order chi connectivity index (χ0) is 20.7. The van der Waals surface area contributed by atoms with Crippen molar-refractivity contribution < 1.29 is 29.6 Å². The summed E-state index contributed by atoms with van der Waals surface area (Å²) in [5.41, 5.74) is 0.0471. The Kier molecular flexibility index (Phi) is 5.58. The Hall–Kier alpha value is -1.89. The lowest BCUT2D eigenvalue weighted by molar-refractivity contribution is -0.167. The van der Waals surface area contributed by atoms with E-state index < -0.39 is 29.4 Å². The Balaban J connectivity index is 1.72. The van der Waals surface area contributed by atoms with Crippen LogP contribution in [0.15, 0.2) is 29.8 Å². The van der Waals surface area contributed by atoms with Crippen LogP contribution in [0.1, 0.15) is 75.4 Å². The van der Waals surface area contributed by atoms with Gasteiger partial charge in [0, 0.05) is 5.56 Å². The Morgan fingerprint density at radius 1 is 1.39 bits per heavy atom. The molecule has 28 heavy (non-hydrogen) atoms. The molecular weight excluding hydrogens is 360 g/mol. The second-order valence-corrected chi connectivity index (χ2v) is 8.68. The molecule has 0 aromatic heterocycles. The van der Waals surface area contributed by atoms with Crippen molar-refractivity contribution in [2.24, 2.45) is 0 Å². The number of benzene rings is 1. The van der Waals surface area contributed by atoms with Crippen LogP contribution in [-0.2, 0) is 4.74 Å². The molecule has 0 amide bonds. The van der Waals surface area contributed by atoms with Crippen molar-refractivity contribution >= 4 is 5.97 Å². The molecule has 5 atom stereocenters. The predicted octanol–water partition coefficient (Wildman–Crippen LogP) is 3.61. The van der Waals surface area contributed by atoms with Gasteiger partial charge in [0.15, 0.2) is 6.10 Å². The van der Waals surface area contributed by atoms with Gasteiger partial charge in [-0.1, -0.05) is 11.6 Å². The Labute approximate surface area is 165 Å². The van der Waals surface area contributed by atoms with Gasteiger partial charge in [0.2, 0.25) is 0 Å². The zero-order valence-electron chi connectivity index (χ0n) is 16.9. The maximum Gasteiger partial charge on any atom is 0.335 e.